The summed E-state index contributed by atoms with van der Waals surface area (Å²) in [4.78, 5) is 20.5. The number of halogens is 1. The first kappa shape index (κ1) is 31.3. The van der Waals surface area contributed by atoms with E-state index in [-0.39, 0.29) is 0 Å². The Bertz CT molecular complexity index is 1930. The normalized spacial score (nSPS) is 17.5. The summed E-state index contributed by atoms with van der Waals surface area (Å²) in [6.07, 6.45) is 5.21. The number of hydrogen-bond donors (Lipinski definition) is 1. The van der Waals surface area contributed by atoms with E-state index in [1.54, 1.807) is 11.3 Å². The zero-order valence-electron chi connectivity index (χ0n) is 27.1. The first-order valence-electron chi connectivity index (χ1n) is 16.3. The van der Waals surface area contributed by atoms with Gasteiger partial charge < -0.3 is 14.7 Å². The number of aryl methyl sites for hydroxylation is 2. The first-order valence-corrected chi connectivity index (χ1v) is 17.5. The summed E-state index contributed by atoms with van der Waals surface area (Å²) in [5.41, 5.74) is 6.71. The number of rotatable bonds is 7. The zero-order chi connectivity index (χ0) is 32.3. The molecule has 1 aliphatic carbocycles. The zero-order valence-corrected chi connectivity index (χ0v) is 28.7. The van der Waals surface area contributed by atoms with Crippen LogP contribution in [0.3, 0.4) is 0 Å². The number of benzene rings is 3. The van der Waals surface area contributed by atoms with Crippen molar-refractivity contribution in [1.82, 2.24) is 19.7 Å². The molecule has 3 aromatic carbocycles. The van der Waals surface area contributed by atoms with E-state index in [2.05, 4.69) is 23.1 Å². The quantitative estimate of drug-likeness (QED) is 0.188. The third-order valence-electron chi connectivity index (χ3n) is 9.65. The number of piperidine rings is 1. The molecule has 0 radical (unpaired) electrons. The molecule has 7 rings (SSSR count). The van der Waals surface area contributed by atoms with Crippen LogP contribution in [0.25, 0.3) is 42.8 Å². The Labute approximate surface area is 279 Å². The number of carboxylic acid groups (broad SMARTS) is 1. The van der Waals surface area contributed by atoms with Crippen molar-refractivity contribution in [2.45, 2.75) is 83.5 Å². The fourth-order valence-electron chi connectivity index (χ4n) is 7.18. The lowest BCUT2D eigenvalue weighted by molar-refractivity contribution is -0.160. The van der Waals surface area contributed by atoms with Crippen LogP contribution in [-0.4, -0.2) is 55.5 Å². The van der Waals surface area contributed by atoms with Crippen molar-refractivity contribution in [2.75, 3.05) is 13.1 Å². The van der Waals surface area contributed by atoms with E-state index in [0.29, 0.717) is 16.5 Å². The van der Waals surface area contributed by atoms with Crippen molar-refractivity contribution < 1.29 is 14.6 Å². The van der Waals surface area contributed by atoms with Crippen LogP contribution in [0.15, 0.2) is 48.5 Å². The monoisotopic (exact) mass is 656 g/mol. The molecule has 46 heavy (non-hydrogen) atoms. The highest BCUT2D eigenvalue weighted by atomic mass is 35.5. The molecule has 1 saturated carbocycles. The van der Waals surface area contributed by atoms with Gasteiger partial charge in [0.25, 0.3) is 0 Å². The topological polar surface area (TPSA) is 80.5 Å². The molecule has 1 saturated heterocycles. The van der Waals surface area contributed by atoms with E-state index in [1.807, 2.05) is 69.8 Å². The van der Waals surface area contributed by atoms with E-state index in [1.165, 1.54) is 30.3 Å². The Morgan fingerprint density at radius 3 is 2.37 bits per heavy atom. The highest BCUT2D eigenvalue weighted by Gasteiger charge is 2.33. The summed E-state index contributed by atoms with van der Waals surface area (Å²) < 4.78 is 9.13. The number of nitrogens with zero attached hydrogens (tertiary/aromatic N) is 4. The SMILES string of the molecule is Cc1cc2nc(-c3ccc4c(c3)c(C3CCN(C5CCC5)CC3)nn4C)sc2c(-c2ccc(Cl)cc2)c1[C@H](OC(C)(C)C)C(=O)O. The number of carbonyl (C=O) groups is 1. The van der Waals surface area contributed by atoms with E-state index in [4.69, 9.17) is 26.4 Å². The third-order valence-corrected chi connectivity index (χ3v) is 11.0. The maximum Gasteiger partial charge on any atom is 0.337 e. The molecule has 1 aliphatic heterocycles. The molecule has 0 amide bonds. The Morgan fingerprint density at radius 1 is 1.04 bits per heavy atom. The number of hydrogen-bond acceptors (Lipinski definition) is 6. The lowest BCUT2D eigenvalue weighted by Crippen LogP contribution is -2.44. The van der Waals surface area contributed by atoms with Gasteiger partial charge in [0.15, 0.2) is 6.10 Å². The van der Waals surface area contributed by atoms with Crippen LogP contribution in [0.2, 0.25) is 5.02 Å². The van der Waals surface area contributed by atoms with Crippen LogP contribution in [0.4, 0.5) is 0 Å². The van der Waals surface area contributed by atoms with Crippen LogP contribution in [0.1, 0.15) is 81.7 Å². The standard InChI is InChI=1S/C37H41ClN4O3S/c1-21-19-28-34(31(22-9-12-25(38)13-10-22)30(21)33(36(43)44)45-37(2,3)4)46-35(39-28)24-11-14-29-27(20-24)32(40-41(29)5)23-15-17-42(18-16-23)26-7-6-8-26/h9-14,19-20,23,26,33H,6-8,15-18H2,1-5H3,(H,43,44)/t33-/m0/s1. The maximum absolute atomic E-state index is 12.7. The van der Waals surface area contributed by atoms with Crippen LogP contribution < -0.4 is 0 Å². The van der Waals surface area contributed by atoms with Crippen LogP contribution in [0.5, 0.6) is 0 Å². The van der Waals surface area contributed by atoms with Crippen molar-refractivity contribution in [1.29, 1.82) is 0 Å². The van der Waals surface area contributed by atoms with Crippen molar-refractivity contribution >= 4 is 50.0 Å². The van der Waals surface area contributed by atoms with Crippen LogP contribution >= 0.6 is 22.9 Å². The first-order chi connectivity index (χ1) is 22.0. The molecule has 2 fully saturated rings. The van der Waals surface area contributed by atoms with Crippen molar-refractivity contribution in [3.8, 4) is 21.7 Å². The Morgan fingerprint density at radius 2 is 1.74 bits per heavy atom. The summed E-state index contributed by atoms with van der Waals surface area (Å²) in [6, 6.07) is 16.9. The van der Waals surface area contributed by atoms with Gasteiger partial charge in [-0.1, -0.05) is 30.2 Å². The Hall–Kier alpha value is -3.30. The van der Waals surface area contributed by atoms with E-state index >= 15 is 0 Å². The summed E-state index contributed by atoms with van der Waals surface area (Å²) in [5, 5.41) is 18.2. The fraction of sp³-hybridized carbons (Fsp3) is 0.432. The molecule has 0 bridgehead atoms. The van der Waals surface area contributed by atoms with Crippen molar-refractivity contribution in [3.63, 3.8) is 0 Å². The second-order valence-electron chi connectivity index (χ2n) is 13.9. The molecule has 7 nitrogen and oxygen atoms in total. The maximum atomic E-state index is 12.7. The van der Waals surface area contributed by atoms with Crippen molar-refractivity contribution in [3.05, 3.63) is 70.4 Å². The molecule has 5 aromatic rings. The number of fused-ring (bicyclic) bond motifs is 2. The minimum atomic E-state index is -1.15. The lowest BCUT2D eigenvalue weighted by Gasteiger charge is -2.41. The predicted octanol–water partition coefficient (Wildman–Crippen LogP) is 9.15. The molecule has 2 aromatic heterocycles. The highest BCUT2D eigenvalue weighted by Crippen LogP contribution is 2.45. The molecule has 240 valence electrons. The number of aliphatic carboxylic acids is 1. The van der Waals surface area contributed by atoms with E-state index < -0.39 is 17.7 Å². The second-order valence-corrected chi connectivity index (χ2v) is 15.4. The van der Waals surface area contributed by atoms with E-state index in [9.17, 15) is 9.90 Å². The number of ether oxygens (including phenoxy) is 1. The highest BCUT2D eigenvalue weighted by molar-refractivity contribution is 7.22. The summed E-state index contributed by atoms with van der Waals surface area (Å²) in [5.74, 6) is -0.575. The van der Waals surface area contributed by atoms with Gasteiger partial charge in [-0.05, 0) is 114 Å². The Kier molecular flexibility index (Phi) is 8.20. The van der Waals surface area contributed by atoms with Gasteiger partial charge in [0, 0.05) is 46.1 Å². The molecule has 3 heterocycles. The van der Waals surface area contributed by atoms with Gasteiger partial charge in [-0.2, -0.15) is 5.10 Å². The van der Waals surface area contributed by atoms with Gasteiger partial charge in [-0.25, -0.2) is 9.78 Å². The smallest absolute Gasteiger partial charge is 0.337 e. The predicted molar refractivity (Wildman–Crippen MR) is 187 cm³/mol. The molecular formula is C37H41ClN4O3S. The van der Waals surface area contributed by atoms with Crippen molar-refractivity contribution in [2.24, 2.45) is 7.05 Å². The second kappa shape index (κ2) is 12.1. The largest absolute Gasteiger partial charge is 0.479 e. The molecule has 1 atom stereocenters. The van der Waals surface area contributed by atoms with E-state index in [0.717, 1.165) is 75.0 Å². The number of thiazole rings is 1. The molecule has 1 N–H and O–H groups in total. The molecule has 0 unspecified atom stereocenters. The fourth-order valence-corrected chi connectivity index (χ4v) is 8.43. The number of carboxylic acids is 1. The van der Waals surface area contributed by atoms with Crippen LogP contribution in [0, 0.1) is 6.92 Å². The van der Waals surface area contributed by atoms with Gasteiger partial charge >= 0.3 is 5.97 Å². The summed E-state index contributed by atoms with van der Waals surface area (Å²) >= 11 is 7.87. The summed E-state index contributed by atoms with van der Waals surface area (Å²) in [7, 11) is 2.04. The molecule has 9 heteroatoms. The Balaban J connectivity index is 1.33. The minimum Gasteiger partial charge on any atom is -0.479 e. The minimum absolute atomic E-state index is 0.447. The van der Waals surface area contributed by atoms with Gasteiger partial charge in [-0.15, -0.1) is 11.3 Å². The average Bonchev–Trinajstić information content (AvgIpc) is 3.55. The van der Waals surface area contributed by atoms with Gasteiger partial charge in [0.05, 0.1) is 27.0 Å². The molecular weight excluding hydrogens is 616 g/mol. The average molecular weight is 657 g/mol. The lowest BCUT2D eigenvalue weighted by atomic mass is 9.86. The summed E-state index contributed by atoms with van der Waals surface area (Å²) in [6.45, 7) is 9.88. The van der Waals surface area contributed by atoms with Crippen LogP contribution in [-0.2, 0) is 16.6 Å². The number of aromatic nitrogens is 3. The molecule has 2 aliphatic rings. The molecule has 0 spiro atoms. The third kappa shape index (κ3) is 5.85. The van der Waals surface area contributed by atoms with Gasteiger partial charge in [-0.3, -0.25) is 4.68 Å². The number of likely N-dealkylation sites (tertiary alicyclic amines) is 1. The van der Waals surface area contributed by atoms with Gasteiger partial charge in [0.2, 0.25) is 0 Å². The van der Waals surface area contributed by atoms with Gasteiger partial charge in [0.1, 0.15) is 5.01 Å².